The number of halogens is 3. The number of hydrogen-bond acceptors (Lipinski definition) is 3. The van der Waals surface area contributed by atoms with Crippen LogP contribution >= 0.6 is 39.1 Å². The van der Waals surface area contributed by atoms with Gasteiger partial charge in [0.05, 0.1) is 5.56 Å². The van der Waals surface area contributed by atoms with Gasteiger partial charge in [0.2, 0.25) is 5.78 Å². The van der Waals surface area contributed by atoms with Crippen molar-refractivity contribution in [2.45, 2.75) is 6.61 Å². The number of hydrogen-bond donors (Lipinski definition) is 0. The zero-order valence-electron chi connectivity index (χ0n) is 14.4. The fourth-order valence-electron chi connectivity index (χ4n) is 2.82. The van der Waals surface area contributed by atoms with Crippen molar-refractivity contribution in [3.05, 3.63) is 97.6 Å². The van der Waals surface area contributed by atoms with E-state index in [0.29, 0.717) is 32.7 Å². The zero-order chi connectivity index (χ0) is 19.7. The lowest BCUT2D eigenvalue weighted by molar-refractivity contribution is 0.101. The van der Waals surface area contributed by atoms with Crippen LogP contribution in [0.15, 0.2) is 70.9 Å². The molecule has 28 heavy (non-hydrogen) atoms. The van der Waals surface area contributed by atoms with Gasteiger partial charge in [-0.25, -0.2) is 0 Å². The molecule has 0 bridgehead atoms. The van der Waals surface area contributed by atoms with Gasteiger partial charge < -0.3 is 9.47 Å². The highest BCUT2D eigenvalue weighted by atomic mass is 79.9. The van der Waals surface area contributed by atoms with Crippen molar-refractivity contribution in [2.24, 2.45) is 0 Å². The molecule has 0 atom stereocenters. The van der Waals surface area contributed by atoms with Crippen LogP contribution in [-0.4, -0.2) is 5.78 Å². The molecule has 3 nitrogen and oxygen atoms in total. The van der Waals surface area contributed by atoms with Crippen LogP contribution in [-0.2, 0) is 6.61 Å². The van der Waals surface area contributed by atoms with Gasteiger partial charge in [-0.2, -0.15) is 0 Å². The smallest absolute Gasteiger partial charge is 0.231 e. The first-order chi connectivity index (χ1) is 13.5. The summed E-state index contributed by atoms with van der Waals surface area (Å²) >= 11 is 15.8. The molecule has 3 aromatic carbocycles. The Bertz CT molecular complexity index is 1090. The van der Waals surface area contributed by atoms with E-state index < -0.39 is 0 Å². The number of ether oxygens (including phenoxy) is 2. The maximum Gasteiger partial charge on any atom is 0.231 e. The number of ketones is 1. The Balaban J connectivity index is 1.55. The van der Waals surface area contributed by atoms with E-state index in [4.69, 9.17) is 32.7 Å². The van der Waals surface area contributed by atoms with Gasteiger partial charge in [0.25, 0.3) is 0 Å². The molecule has 1 aliphatic heterocycles. The van der Waals surface area contributed by atoms with Gasteiger partial charge in [-0.1, -0.05) is 63.4 Å². The van der Waals surface area contributed by atoms with E-state index in [1.807, 2.05) is 24.3 Å². The molecule has 1 heterocycles. The van der Waals surface area contributed by atoms with E-state index in [2.05, 4.69) is 15.9 Å². The quantitative estimate of drug-likeness (QED) is 0.383. The SMILES string of the molecule is O=C1C(=Cc2ccccc2Br)Oc2cc(OCc3c(Cl)cccc3Cl)ccc21. The number of fused-ring (bicyclic) bond motifs is 1. The van der Waals surface area contributed by atoms with Crippen molar-refractivity contribution in [2.75, 3.05) is 0 Å². The summed E-state index contributed by atoms with van der Waals surface area (Å²) in [6.07, 6.45) is 1.72. The van der Waals surface area contributed by atoms with Gasteiger partial charge >= 0.3 is 0 Å². The van der Waals surface area contributed by atoms with Crippen LogP contribution in [0.1, 0.15) is 21.5 Å². The van der Waals surface area contributed by atoms with Crippen molar-refractivity contribution in [1.82, 2.24) is 0 Å². The second-order valence-electron chi connectivity index (χ2n) is 6.11. The van der Waals surface area contributed by atoms with Gasteiger partial charge in [0, 0.05) is 26.1 Å². The van der Waals surface area contributed by atoms with Crippen molar-refractivity contribution < 1.29 is 14.3 Å². The molecule has 4 rings (SSSR count). The van der Waals surface area contributed by atoms with E-state index >= 15 is 0 Å². The molecule has 0 aliphatic carbocycles. The van der Waals surface area contributed by atoms with E-state index in [1.54, 1.807) is 42.5 Å². The normalized spacial score (nSPS) is 14.1. The summed E-state index contributed by atoms with van der Waals surface area (Å²) in [6.45, 7) is 0.213. The number of allylic oxidation sites excluding steroid dienone is 1. The second kappa shape index (κ2) is 8.00. The molecular weight excluding hydrogens is 463 g/mol. The Kier molecular flexibility index (Phi) is 5.44. The average Bonchev–Trinajstić information content (AvgIpc) is 2.98. The standard InChI is InChI=1S/C22H13BrCl2O3/c23-17-5-2-1-4-13(17)10-21-22(26)15-9-8-14(11-20(15)28-21)27-12-16-18(24)6-3-7-19(16)25/h1-11H,12H2. The van der Waals surface area contributed by atoms with E-state index in [-0.39, 0.29) is 18.1 Å². The predicted molar refractivity (Wildman–Crippen MR) is 114 cm³/mol. The second-order valence-corrected chi connectivity index (χ2v) is 7.78. The molecular formula is C22H13BrCl2O3. The minimum atomic E-state index is -0.161. The fraction of sp³-hybridized carbons (Fsp3) is 0.0455. The third-order valence-corrected chi connectivity index (χ3v) is 5.71. The topological polar surface area (TPSA) is 35.5 Å². The Hall–Kier alpha value is -2.27. The molecule has 6 heteroatoms. The third kappa shape index (κ3) is 3.81. The highest BCUT2D eigenvalue weighted by Gasteiger charge is 2.28. The number of Topliss-reactive ketones (excluding diaryl/α,β-unsaturated/α-hetero) is 1. The molecule has 140 valence electrons. The Morgan fingerprint density at radius 2 is 1.75 bits per heavy atom. The molecule has 0 unspecified atom stereocenters. The van der Waals surface area contributed by atoms with E-state index in [9.17, 15) is 4.79 Å². The number of carbonyl (C=O) groups is 1. The zero-order valence-corrected chi connectivity index (χ0v) is 17.5. The van der Waals surface area contributed by atoms with Gasteiger partial charge in [0.1, 0.15) is 18.1 Å². The van der Waals surface area contributed by atoms with Gasteiger partial charge in [-0.3, -0.25) is 4.79 Å². The maximum atomic E-state index is 12.6. The average molecular weight is 476 g/mol. The Labute approximate surface area is 180 Å². The van der Waals surface area contributed by atoms with Crippen LogP contribution in [0.4, 0.5) is 0 Å². The highest BCUT2D eigenvalue weighted by molar-refractivity contribution is 9.10. The molecule has 0 amide bonds. The first-order valence-corrected chi connectivity index (χ1v) is 9.96. The predicted octanol–water partition coefficient (Wildman–Crippen LogP) is 6.95. The lowest BCUT2D eigenvalue weighted by Gasteiger charge is -2.10. The van der Waals surface area contributed by atoms with Gasteiger partial charge in [-0.05, 0) is 42.0 Å². The molecule has 0 aromatic heterocycles. The molecule has 0 N–H and O–H groups in total. The minimum absolute atomic E-state index is 0.161. The first kappa shape index (κ1) is 19.1. The van der Waals surface area contributed by atoms with Crippen molar-refractivity contribution in [1.29, 1.82) is 0 Å². The van der Waals surface area contributed by atoms with Crippen LogP contribution in [0, 0.1) is 0 Å². The largest absolute Gasteiger partial charge is 0.489 e. The van der Waals surface area contributed by atoms with Crippen molar-refractivity contribution in [3.8, 4) is 11.5 Å². The summed E-state index contributed by atoms with van der Waals surface area (Å²) in [6, 6.07) is 18.0. The van der Waals surface area contributed by atoms with Gasteiger partial charge in [0.15, 0.2) is 5.76 Å². The number of benzene rings is 3. The van der Waals surface area contributed by atoms with E-state index in [1.165, 1.54) is 0 Å². The molecule has 0 saturated carbocycles. The minimum Gasteiger partial charge on any atom is -0.489 e. The summed E-state index contributed by atoms with van der Waals surface area (Å²) in [5.41, 5.74) is 2.07. The highest BCUT2D eigenvalue weighted by Crippen LogP contribution is 2.36. The molecule has 3 aromatic rings. The summed E-state index contributed by atoms with van der Waals surface area (Å²) < 4.78 is 12.5. The van der Waals surface area contributed by atoms with E-state index in [0.717, 1.165) is 10.0 Å². The summed E-state index contributed by atoms with van der Waals surface area (Å²) in [7, 11) is 0. The number of carbonyl (C=O) groups excluding carboxylic acids is 1. The van der Waals surface area contributed by atoms with Crippen LogP contribution in [0.25, 0.3) is 6.08 Å². The molecule has 0 spiro atoms. The van der Waals surface area contributed by atoms with Crippen LogP contribution < -0.4 is 9.47 Å². The van der Waals surface area contributed by atoms with Crippen LogP contribution in [0.2, 0.25) is 10.0 Å². The molecule has 0 saturated heterocycles. The fourth-order valence-corrected chi connectivity index (χ4v) is 3.72. The van der Waals surface area contributed by atoms with Crippen LogP contribution in [0.3, 0.4) is 0 Å². The Morgan fingerprint density at radius 3 is 2.50 bits per heavy atom. The molecule has 0 fully saturated rings. The maximum absolute atomic E-state index is 12.6. The van der Waals surface area contributed by atoms with Gasteiger partial charge in [-0.15, -0.1) is 0 Å². The van der Waals surface area contributed by atoms with Crippen molar-refractivity contribution in [3.63, 3.8) is 0 Å². The van der Waals surface area contributed by atoms with Crippen molar-refractivity contribution >= 4 is 51.0 Å². The lowest BCUT2D eigenvalue weighted by atomic mass is 10.1. The lowest BCUT2D eigenvalue weighted by Crippen LogP contribution is -1.98. The van der Waals surface area contributed by atoms with Crippen LogP contribution in [0.5, 0.6) is 11.5 Å². The summed E-state index contributed by atoms with van der Waals surface area (Å²) in [5.74, 6) is 1.13. The Morgan fingerprint density at radius 1 is 1.00 bits per heavy atom. The summed E-state index contributed by atoms with van der Waals surface area (Å²) in [5, 5.41) is 1.08. The summed E-state index contributed by atoms with van der Waals surface area (Å²) in [4.78, 5) is 12.6. The molecule has 1 aliphatic rings. The monoisotopic (exact) mass is 474 g/mol. The third-order valence-electron chi connectivity index (χ3n) is 4.28. The number of rotatable bonds is 4. The first-order valence-electron chi connectivity index (χ1n) is 8.41. The molecule has 0 radical (unpaired) electrons.